The molecule has 0 saturated heterocycles. The van der Waals surface area contributed by atoms with E-state index in [4.69, 9.17) is 5.73 Å². The number of rotatable bonds is 4. The summed E-state index contributed by atoms with van der Waals surface area (Å²) in [4.78, 5) is 15.7. The van der Waals surface area contributed by atoms with Crippen LogP contribution in [-0.2, 0) is 11.3 Å². The van der Waals surface area contributed by atoms with Gasteiger partial charge in [0.25, 0.3) is 0 Å². The molecule has 5 heteroatoms. The first-order valence-corrected chi connectivity index (χ1v) is 5.86. The minimum atomic E-state index is -0.185. The van der Waals surface area contributed by atoms with Crippen LogP contribution in [0.3, 0.4) is 0 Å². The Balaban J connectivity index is 2.50. The van der Waals surface area contributed by atoms with Crippen molar-refractivity contribution in [1.29, 1.82) is 0 Å². The fourth-order valence-electron chi connectivity index (χ4n) is 1.60. The second-order valence-corrected chi connectivity index (χ2v) is 5.35. The summed E-state index contributed by atoms with van der Waals surface area (Å²) in [5, 5.41) is 2.93. The molecular weight excluding hydrogens is 216 g/mol. The molecule has 0 aliphatic heterocycles. The van der Waals surface area contributed by atoms with Crippen LogP contribution in [0.1, 0.15) is 45.9 Å². The Bertz CT molecular complexity index is 376. The smallest absolute Gasteiger partial charge is 0.222 e. The maximum atomic E-state index is 11.7. The minimum absolute atomic E-state index is 0.0434. The van der Waals surface area contributed by atoms with E-state index in [0.29, 0.717) is 13.0 Å². The predicted octanol–water partition coefficient (Wildman–Crippen LogP) is 1.21. The molecule has 0 saturated carbocycles. The molecule has 0 fully saturated rings. The number of carbonyl (C=O) groups excluding carboxylic acids is 1. The van der Waals surface area contributed by atoms with Crippen LogP contribution >= 0.6 is 0 Å². The van der Waals surface area contributed by atoms with E-state index in [1.54, 1.807) is 12.5 Å². The Morgan fingerprint density at radius 1 is 1.59 bits per heavy atom. The monoisotopic (exact) mass is 238 g/mol. The van der Waals surface area contributed by atoms with Gasteiger partial charge >= 0.3 is 0 Å². The Morgan fingerprint density at radius 3 is 2.76 bits per heavy atom. The van der Waals surface area contributed by atoms with E-state index in [0.717, 1.165) is 5.69 Å². The highest BCUT2D eigenvalue weighted by Crippen LogP contribution is 2.09. The van der Waals surface area contributed by atoms with Crippen molar-refractivity contribution in [3.05, 3.63) is 18.2 Å². The van der Waals surface area contributed by atoms with Gasteiger partial charge in [0.05, 0.1) is 12.0 Å². The van der Waals surface area contributed by atoms with Gasteiger partial charge in [-0.15, -0.1) is 0 Å². The van der Waals surface area contributed by atoms with Gasteiger partial charge in [-0.05, 0) is 27.7 Å². The number of aromatic nitrogens is 2. The molecule has 17 heavy (non-hydrogen) atoms. The average molecular weight is 238 g/mol. The van der Waals surface area contributed by atoms with E-state index >= 15 is 0 Å². The van der Waals surface area contributed by atoms with Crippen LogP contribution in [0.5, 0.6) is 0 Å². The van der Waals surface area contributed by atoms with Crippen molar-refractivity contribution < 1.29 is 4.79 Å². The Morgan fingerprint density at radius 2 is 2.24 bits per heavy atom. The molecule has 3 N–H and O–H groups in total. The van der Waals surface area contributed by atoms with Crippen LogP contribution in [0, 0.1) is 0 Å². The van der Waals surface area contributed by atoms with E-state index < -0.39 is 0 Å². The molecule has 0 aliphatic carbocycles. The lowest BCUT2D eigenvalue weighted by Crippen LogP contribution is -2.40. The number of nitrogens with one attached hydrogen (secondary N) is 1. The maximum Gasteiger partial charge on any atom is 0.222 e. The molecule has 96 valence electrons. The van der Waals surface area contributed by atoms with Crippen LogP contribution in [0.2, 0.25) is 0 Å². The summed E-state index contributed by atoms with van der Waals surface area (Å²) in [6.07, 6.45) is 3.89. The fraction of sp³-hybridized carbons (Fsp3) is 0.667. The molecule has 0 bridgehead atoms. The van der Waals surface area contributed by atoms with Crippen molar-refractivity contribution in [3.8, 4) is 0 Å². The van der Waals surface area contributed by atoms with Crippen molar-refractivity contribution in [2.24, 2.45) is 5.73 Å². The van der Waals surface area contributed by atoms with Crippen LogP contribution in [0.25, 0.3) is 0 Å². The second kappa shape index (κ2) is 5.31. The Labute approximate surface area is 102 Å². The zero-order valence-corrected chi connectivity index (χ0v) is 11.0. The van der Waals surface area contributed by atoms with Gasteiger partial charge in [-0.1, -0.05) is 0 Å². The lowest BCUT2D eigenvalue weighted by molar-refractivity contribution is -0.122. The molecule has 1 amide bonds. The molecule has 1 aromatic heterocycles. The predicted molar refractivity (Wildman–Crippen MR) is 67.3 cm³/mol. The molecule has 5 nitrogen and oxygen atoms in total. The van der Waals surface area contributed by atoms with Crippen molar-refractivity contribution in [2.75, 3.05) is 0 Å². The molecule has 1 heterocycles. The van der Waals surface area contributed by atoms with Crippen molar-refractivity contribution in [2.45, 2.75) is 52.2 Å². The van der Waals surface area contributed by atoms with Gasteiger partial charge in [-0.2, -0.15) is 0 Å². The van der Waals surface area contributed by atoms with Gasteiger partial charge in [0.15, 0.2) is 0 Å². The summed E-state index contributed by atoms with van der Waals surface area (Å²) in [7, 11) is 0. The van der Waals surface area contributed by atoms with Crippen molar-refractivity contribution >= 4 is 5.91 Å². The number of nitrogens with zero attached hydrogens (tertiary/aromatic N) is 2. The molecule has 0 spiro atoms. The number of aryl methyl sites for hydroxylation is 1. The maximum absolute atomic E-state index is 11.7. The molecule has 1 rings (SSSR count). The SMILES string of the molecule is CC(N)c1cncn1CCC(=O)NC(C)(C)C. The van der Waals surface area contributed by atoms with Crippen LogP contribution in [0.4, 0.5) is 0 Å². The molecule has 0 aliphatic rings. The third-order valence-electron chi connectivity index (χ3n) is 2.31. The molecule has 1 atom stereocenters. The Hall–Kier alpha value is -1.36. The third-order valence-corrected chi connectivity index (χ3v) is 2.31. The van der Waals surface area contributed by atoms with E-state index in [-0.39, 0.29) is 17.5 Å². The summed E-state index contributed by atoms with van der Waals surface area (Å²) < 4.78 is 1.92. The van der Waals surface area contributed by atoms with Crippen LogP contribution < -0.4 is 11.1 Å². The fourth-order valence-corrected chi connectivity index (χ4v) is 1.60. The number of hydrogen-bond donors (Lipinski definition) is 2. The highest BCUT2D eigenvalue weighted by molar-refractivity contribution is 5.76. The lowest BCUT2D eigenvalue weighted by atomic mass is 10.1. The van der Waals surface area contributed by atoms with E-state index in [1.807, 2.05) is 32.3 Å². The molecule has 0 aromatic carbocycles. The van der Waals surface area contributed by atoms with Crippen molar-refractivity contribution in [1.82, 2.24) is 14.9 Å². The van der Waals surface area contributed by atoms with Gasteiger partial charge in [0.2, 0.25) is 5.91 Å². The first kappa shape index (κ1) is 13.7. The van der Waals surface area contributed by atoms with E-state index in [2.05, 4.69) is 10.3 Å². The van der Waals surface area contributed by atoms with Gasteiger partial charge < -0.3 is 15.6 Å². The van der Waals surface area contributed by atoms with Crippen molar-refractivity contribution in [3.63, 3.8) is 0 Å². The number of hydrogen-bond acceptors (Lipinski definition) is 3. The first-order chi connectivity index (χ1) is 7.79. The molecular formula is C12H22N4O. The lowest BCUT2D eigenvalue weighted by Gasteiger charge is -2.20. The zero-order valence-electron chi connectivity index (χ0n) is 11.0. The number of carbonyl (C=O) groups is 1. The number of nitrogens with two attached hydrogens (primary N) is 1. The quantitative estimate of drug-likeness (QED) is 0.828. The number of imidazole rings is 1. The van der Waals surface area contributed by atoms with Gasteiger partial charge in [0, 0.05) is 30.7 Å². The van der Waals surface area contributed by atoms with Gasteiger partial charge in [-0.25, -0.2) is 4.98 Å². The zero-order chi connectivity index (χ0) is 13.1. The number of amides is 1. The molecule has 0 radical (unpaired) electrons. The van der Waals surface area contributed by atoms with Crippen LogP contribution in [0.15, 0.2) is 12.5 Å². The summed E-state index contributed by atoms with van der Waals surface area (Å²) in [6, 6.07) is -0.0665. The average Bonchev–Trinajstić information content (AvgIpc) is 2.59. The van der Waals surface area contributed by atoms with Gasteiger partial charge in [0.1, 0.15) is 0 Å². The third kappa shape index (κ3) is 4.56. The summed E-state index contributed by atoms with van der Waals surface area (Å²) in [5.41, 5.74) is 6.57. The Kier molecular flexibility index (Phi) is 4.28. The highest BCUT2D eigenvalue weighted by atomic mass is 16.1. The normalized spacial score (nSPS) is 13.5. The minimum Gasteiger partial charge on any atom is -0.351 e. The topological polar surface area (TPSA) is 72.9 Å². The van der Waals surface area contributed by atoms with E-state index in [1.165, 1.54) is 0 Å². The summed E-state index contributed by atoms with van der Waals surface area (Å²) in [5.74, 6) is 0.0434. The molecule has 1 aromatic rings. The summed E-state index contributed by atoms with van der Waals surface area (Å²) >= 11 is 0. The summed E-state index contributed by atoms with van der Waals surface area (Å²) in [6.45, 7) is 8.42. The first-order valence-electron chi connectivity index (χ1n) is 5.86. The second-order valence-electron chi connectivity index (χ2n) is 5.35. The molecule has 1 unspecified atom stereocenters. The van der Waals surface area contributed by atoms with Crippen LogP contribution in [-0.4, -0.2) is 21.0 Å². The largest absolute Gasteiger partial charge is 0.351 e. The van der Waals surface area contributed by atoms with Gasteiger partial charge in [-0.3, -0.25) is 4.79 Å². The standard InChI is InChI=1S/C12H22N4O/c1-9(13)10-7-14-8-16(10)6-5-11(17)15-12(2,3)4/h7-9H,5-6,13H2,1-4H3,(H,15,17). The van der Waals surface area contributed by atoms with E-state index in [9.17, 15) is 4.79 Å². The highest BCUT2D eigenvalue weighted by Gasteiger charge is 2.14.